The highest BCUT2D eigenvalue weighted by Gasteiger charge is 2.27. The Balaban J connectivity index is 2.07. The van der Waals surface area contributed by atoms with Crippen molar-refractivity contribution >= 4 is 21.8 Å². The van der Waals surface area contributed by atoms with Crippen LogP contribution in [-0.4, -0.2) is 55.1 Å². The average molecular weight is 474 g/mol. The van der Waals surface area contributed by atoms with Crippen molar-refractivity contribution in [1.29, 1.82) is 0 Å². The summed E-state index contributed by atoms with van der Waals surface area (Å²) in [5.41, 5.74) is 2.05. The highest BCUT2D eigenvalue weighted by Crippen LogP contribution is 2.16. The van der Waals surface area contributed by atoms with Crippen LogP contribution in [0.1, 0.15) is 44.7 Å². The molecule has 2 rings (SSSR count). The molecule has 0 spiro atoms. The Morgan fingerprint density at radius 2 is 1.58 bits per heavy atom. The predicted octanol–water partition coefficient (Wildman–Crippen LogP) is 3.34. The third-order valence-corrected chi connectivity index (χ3v) is 7.26. The van der Waals surface area contributed by atoms with Crippen LogP contribution < -0.4 is 5.32 Å². The van der Waals surface area contributed by atoms with Crippen molar-refractivity contribution in [1.82, 2.24) is 14.5 Å². The molecule has 1 atom stereocenters. The number of amides is 2. The molecule has 0 aliphatic heterocycles. The number of carbonyl (C=O) groups is 2. The van der Waals surface area contributed by atoms with Crippen molar-refractivity contribution in [2.24, 2.45) is 0 Å². The van der Waals surface area contributed by atoms with E-state index in [4.69, 9.17) is 0 Å². The molecule has 8 heteroatoms. The number of rotatable bonds is 11. The zero-order valence-electron chi connectivity index (χ0n) is 20.1. The summed E-state index contributed by atoms with van der Waals surface area (Å²) in [5.74, 6) is -0.401. The summed E-state index contributed by atoms with van der Waals surface area (Å²) in [6, 6.07) is 15.4. The molecule has 0 saturated heterocycles. The second kappa shape index (κ2) is 12.0. The first-order valence-corrected chi connectivity index (χ1v) is 12.6. The van der Waals surface area contributed by atoms with Gasteiger partial charge in [0.25, 0.3) is 0 Å². The van der Waals surface area contributed by atoms with Crippen molar-refractivity contribution in [3.8, 4) is 0 Å². The molecule has 2 aromatic carbocycles. The van der Waals surface area contributed by atoms with Crippen LogP contribution in [0, 0.1) is 6.92 Å². The molecule has 1 N–H and O–H groups in total. The maximum Gasteiger partial charge on any atom is 0.242 e. The highest BCUT2D eigenvalue weighted by atomic mass is 32.2. The Morgan fingerprint density at radius 1 is 0.970 bits per heavy atom. The fourth-order valence-corrected chi connectivity index (χ4v) is 4.60. The molecule has 0 aliphatic rings. The van der Waals surface area contributed by atoms with E-state index in [-0.39, 0.29) is 35.7 Å². The van der Waals surface area contributed by atoms with Gasteiger partial charge in [-0.05, 0) is 51.8 Å². The Kier molecular flexibility index (Phi) is 9.61. The van der Waals surface area contributed by atoms with Crippen LogP contribution in [-0.2, 0) is 26.2 Å². The maximum absolute atomic E-state index is 13.1. The van der Waals surface area contributed by atoms with E-state index in [0.717, 1.165) is 11.1 Å². The first-order valence-electron chi connectivity index (χ1n) is 11.2. The first kappa shape index (κ1) is 26.5. The van der Waals surface area contributed by atoms with Gasteiger partial charge in [0, 0.05) is 32.6 Å². The van der Waals surface area contributed by atoms with Gasteiger partial charge in [-0.3, -0.25) is 9.59 Å². The highest BCUT2D eigenvalue weighted by molar-refractivity contribution is 7.89. The standard InChI is InChI=1S/C25H35N3O4S/c1-19(2)26-25(30)21(4)28(18-22-15-13-20(3)14-16-22)24(29)12-9-17-27(5)33(31,32)23-10-7-6-8-11-23/h6-8,10-11,13-16,19,21H,9,12,17-18H2,1-5H3,(H,26,30)/t21-/m1/s1. The van der Waals surface area contributed by atoms with Gasteiger partial charge in [0.05, 0.1) is 4.90 Å². The predicted molar refractivity (Wildman–Crippen MR) is 130 cm³/mol. The quantitative estimate of drug-likeness (QED) is 0.542. The zero-order valence-corrected chi connectivity index (χ0v) is 20.9. The Bertz CT molecular complexity index is 1020. The van der Waals surface area contributed by atoms with Crippen molar-refractivity contribution in [2.45, 2.75) is 64.1 Å². The van der Waals surface area contributed by atoms with Crippen LogP contribution in [0.5, 0.6) is 0 Å². The summed E-state index contributed by atoms with van der Waals surface area (Å²) in [4.78, 5) is 27.5. The number of nitrogens with one attached hydrogen (secondary N) is 1. The fraction of sp³-hybridized carbons (Fsp3) is 0.440. The Labute approximate surface area is 197 Å². The number of sulfonamides is 1. The van der Waals surface area contributed by atoms with Gasteiger partial charge < -0.3 is 10.2 Å². The molecule has 0 aromatic heterocycles. The third-order valence-electron chi connectivity index (χ3n) is 5.39. The number of aryl methyl sites for hydroxylation is 1. The van der Waals surface area contributed by atoms with Crippen molar-refractivity contribution < 1.29 is 18.0 Å². The zero-order chi connectivity index (χ0) is 24.6. The molecule has 180 valence electrons. The van der Waals surface area contributed by atoms with Gasteiger partial charge in [0.2, 0.25) is 21.8 Å². The van der Waals surface area contributed by atoms with Gasteiger partial charge in [-0.25, -0.2) is 12.7 Å². The van der Waals surface area contributed by atoms with Gasteiger partial charge in [0.1, 0.15) is 6.04 Å². The van der Waals surface area contributed by atoms with Gasteiger partial charge in [0.15, 0.2) is 0 Å². The van der Waals surface area contributed by atoms with Gasteiger partial charge in [-0.1, -0.05) is 48.0 Å². The van der Waals surface area contributed by atoms with Crippen LogP contribution >= 0.6 is 0 Å². The lowest BCUT2D eigenvalue weighted by atomic mass is 10.1. The Hall–Kier alpha value is -2.71. The normalized spacial score (nSPS) is 12.6. The average Bonchev–Trinajstić information content (AvgIpc) is 2.78. The van der Waals surface area contributed by atoms with Crippen LogP contribution in [0.3, 0.4) is 0 Å². The maximum atomic E-state index is 13.1. The van der Waals surface area contributed by atoms with Crippen LogP contribution in [0.25, 0.3) is 0 Å². The van der Waals surface area contributed by atoms with E-state index in [1.54, 1.807) is 42.2 Å². The van der Waals surface area contributed by atoms with Crippen molar-refractivity contribution in [3.63, 3.8) is 0 Å². The first-order chi connectivity index (χ1) is 15.5. The Morgan fingerprint density at radius 3 is 2.15 bits per heavy atom. The van der Waals surface area contributed by atoms with E-state index in [1.807, 2.05) is 45.0 Å². The summed E-state index contributed by atoms with van der Waals surface area (Å²) in [5, 5.41) is 2.86. The molecule has 0 radical (unpaired) electrons. The van der Waals surface area contributed by atoms with E-state index < -0.39 is 16.1 Å². The smallest absolute Gasteiger partial charge is 0.242 e. The molecule has 0 saturated carbocycles. The van der Waals surface area contributed by atoms with E-state index in [1.165, 1.54) is 11.4 Å². The van der Waals surface area contributed by atoms with Crippen LogP contribution in [0.4, 0.5) is 0 Å². The lowest BCUT2D eigenvalue weighted by Gasteiger charge is -2.29. The summed E-state index contributed by atoms with van der Waals surface area (Å²) < 4.78 is 26.6. The lowest BCUT2D eigenvalue weighted by molar-refractivity contribution is -0.140. The van der Waals surface area contributed by atoms with Crippen LogP contribution in [0.2, 0.25) is 0 Å². The number of hydrogen-bond acceptors (Lipinski definition) is 4. The molecule has 0 aliphatic carbocycles. The third kappa shape index (κ3) is 7.68. The molecule has 0 unspecified atom stereocenters. The molecule has 2 aromatic rings. The number of nitrogens with zero attached hydrogens (tertiary/aromatic N) is 2. The van der Waals surface area contributed by atoms with E-state index in [0.29, 0.717) is 13.0 Å². The van der Waals surface area contributed by atoms with Crippen molar-refractivity contribution in [2.75, 3.05) is 13.6 Å². The van der Waals surface area contributed by atoms with Crippen molar-refractivity contribution in [3.05, 3.63) is 65.7 Å². The minimum absolute atomic E-state index is 0.0341. The van der Waals surface area contributed by atoms with Crippen LogP contribution in [0.15, 0.2) is 59.5 Å². The molecule has 2 amide bonds. The summed E-state index contributed by atoms with van der Waals surface area (Å²) in [6.45, 7) is 7.97. The topological polar surface area (TPSA) is 86.8 Å². The monoisotopic (exact) mass is 473 g/mol. The number of benzene rings is 2. The number of carbonyl (C=O) groups excluding carboxylic acids is 2. The second-order valence-corrected chi connectivity index (χ2v) is 10.6. The molecule has 0 fully saturated rings. The fourth-order valence-electron chi connectivity index (χ4n) is 3.37. The van der Waals surface area contributed by atoms with Gasteiger partial charge in [-0.15, -0.1) is 0 Å². The van der Waals surface area contributed by atoms with Gasteiger partial charge >= 0.3 is 0 Å². The molecular weight excluding hydrogens is 438 g/mol. The second-order valence-electron chi connectivity index (χ2n) is 8.59. The summed E-state index contributed by atoms with van der Waals surface area (Å²) >= 11 is 0. The largest absolute Gasteiger partial charge is 0.352 e. The van der Waals surface area contributed by atoms with E-state index in [2.05, 4.69) is 5.32 Å². The summed E-state index contributed by atoms with van der Waals surface area (Å²) in [6.07, 6.45) is 0.490. The summed E-state index contributed by atoms with van der Waals surface area (Å²) in [7, 11) is -2.10. The molecule has 33 heavy (non-hydrogen) atoms. The number of hydrogen-bond donors (Lipinski definition) is 1. The lowest BCUT2D eigenvalue weighted by Crippen LogP contribution is -2.49. The van der Waals surface area contributed by atoms with E-state index >= 15 is 0 Å². The van der Waals surface area contributed by atoms with E-state index in [9.17, 15) is 18.0 Å². The molecule has 0 bridgehead atoms. The minimum atomic E-state index is -3.61. The molecule has 7 nitrogen and oxygen atoms in total. The minimum Gasteiger partial charge on any atom is -0.352 e. The molecular formula is C25H35N3O4S. The molecule has 0 heterocycles. The van der Waals surface area contributed by atoms with Gasteiger partial charge in [-0.2, -0.15) is 0 Å². The SMILES string of the molecule is Cc1ccc(CN(C(=O)CCCN(C)S(=O)(=O)c2ccccc2)[C@H](C)C(=O)NC(C)C)cc1.